The average molecular weight is 997 g/mol. The second kappa shape index (κ2) is 23.0. The molecule has 28 nitrogen and oxygen atoms in total. The molecule has 0 aliphatic carbocycles. The van der Waals surface area contributed by atoms with Crippen LogP contribution in [0, 0.1) is 5.41 Å². The molecule has 0 bridgehead atoms. The van der Waals surface area contributed by atoms with Crippen LogP contribution in [0.15, 0.2) is 0 Å². The third-order valence-corrected chi connectivity index (χ3v) is 13.4. The maximum absolute atomic E-state index is 11.8. The van der Waals surface area contributed by atoms with Crippen LogP contribution < -0.4 is 11.5 Å². The molecule has 6 aliphatic heterocycles. The van der Waals surface area contributed by atoms with Gasteiger partial charge in [0.05, 0.1) is 56.8 Å². The Morgan fingerprint density at radius 2 is 0.750 bits per heavy atom. The van der Waals surface area contributed by atoms with E-state index in [1.54, 1.807) is 20.8 Å². The highest BCUT2D eigenvalue weighted by Gasteiger charge is 2.58. The van der Waals surface area contributed by atoms with E-state index < -0.39 is 216 Å². The summed E-state index contributed by atoms with van der Waals surface area (Å²) < 4.78 is 65.1. The van der Waals surface area contributed by atoms with Crippen LogP contribution in [0.2, 0.25) is 0 Å². The molecule has 0 spiro atoms. The van der Waals surface area contributed by atoms with Crippen molar-refractivity contribution in [3.63, 3.8) is 0 Å². The first-order valence-corrected chi connectivity index (χ1v) is 22.5. The molecule has 0 aromatic carbocycles. The molecule has 28 heteroatoms. The lowest BCUT2D eigenvalue weighted by molar-refractivity contribution is -0.399. The van der Waals surface area contributed by atoms with Gasteiger partial charge in [-0.25, -0.2) is 0 Å². The molecule has 68 heavy (non-hydrogen) atoms. The van der Waals surface area contributed by atoms with Crippen LogP contribution in [0.4, 0.5) is 0 Å². The van der Waals surface area contributed by atoms with E-state index in [0.29, 0.717) is 0 Å². The van der Waals surface area contributed by atoms with Crippen molar-refractivity contribution < 1.29 is 129 Å². The minimum Gasteiger partial charge on any atom is -0.394 e. The molecule has 6 rings (SSSR count). The molecule has 0 amide bonds. The van der Waals surface area contributed by atoms with Crippen molar-refractivity contribution in [3.05, 3.63) is 0 Å². The Hall–Kier alpha value is -1.12. The van der Waals surface area contributed by atoms with Crippen molar-refractivity contribution in [1.29, 1.82) is 0 Å². The summed E-state index contributed by atoms with van der Waals surface area (Å²) in [4.78, 5) is 0. The van der Waals surface area contributed by atoms with E-state index in [1.807, 2.05) is 0 Å². The van der Waals surface area contributed by atoms with Gasteiger partial charge in [0.25, 0.3) is 0 Å². The Balaban J connectivity index is 1.31. The number of aliphatic hydroxyl groups is 15. The van der Waals surface area contributed by atoms with Gasteiger partial charge >= 0.3 is 0 Å². The van der Waals surface area contributed by atoms with Crippen LogP contribution in [0.3, 0.4) is 0 Å². The average Bonchev–Trinajstić information content (AvgIpc) is 3.29. The molecule has 398 valence electrons. The smallest absolute Gasteiger partial charge is 0.187 e. The van der Waals surface area contributed by atoms with E-state index in [0.717, 1.165) is 0 Å². The highest BCUT2D eigenvalue weighted by Crippen LogP contribution is 2.39. The Morgan fingerprint density at radius 3 is 1.26 bits per heavy atom. The molecule has 6 aliphatic rings. The monoisotopic (exact) mass is 996 g/mol. The number of nitrogens with two attached hydrogens (primary N) is 2. The SMILES string of the molecule is CC1OC(OC2[C@H](O[C@@H]3C(CO)O[C@@H](O[C@@H]4C(O)[C@H](O[C@@H]5C(N)C(C(C)(C)C)OC(CO)[C@@H]5O)OC(CO)[C@@H]4O)C(N)[C@H]3O[C@@H]3OC(C)[C@@H](O)[C@@H](O)C3O)OC(CO)[C@H](O)[C@@H]2O)[C@@H](O)C(O)[C@@H]1O. The Kier molecular flexibility index (Phi) is 19.0. The van der Waals surface area contributed by atoms with Crippen LogP contribution in [0.5, 0.6) is 0 Å². The third-order valence-electron chi connectivity index (χ3n) is 13.4. The topological polar surface area (TPSA) is 457 Å². The summed E-state index contributed by atoms with van der Waals surface area (Å²) in [5, 5.41) is 161. The molecule has 6 saturated heterocycles. The highest BCUT2D eigenvalue weighted by atomic mass is 16.8. The number of rotatable bonds is 14. The van der Waals surface area contributed by atoms with Gasteiger partial charge in [-0.3, -0.25) is 0 Å². The van der Waals surface area contributed by atoms with Crippen molar-refractivity contribution in [1.82, 2.24) is 0 Å². The molecule has 0 aromatic rings. The predicted molar refractivity (Wildman–Crippen MR) is 218 cm³/mol. The molecule has 6 fully saturated rings. The Morgan fingerprint density at radius 1 is 0.353 bits per heavy atom. The van der Waals surface area contributed by atoms with Gasteiger partial charge in [-0.2, -0.15) is 0 Å². The lowest BCUT2D eigenvalue weighted by atomic mass is 9.79. The van der Waals surface area contributed by atoms with Crippen molar-refractivity contribution in [2.75, 3.05) is 26.4 Å². The summed E-state index contributed by atoms with van der Waals surface area (Å²) in [7, 11) is 0. The quantitative estimate of drug-likeness (QED) is 0.0768. The van der Waals surface area contributed by atoms with Gasteiger partial charge in [-0.15, -0.1) is 0 Å². The summed E-state index contributed by atoms with van der Waals surface area (Å²) in [6.45, 7) is 4.63. The molecule has 0 radical (unpaired) electrons. The number of aliphatic hydroxyl groups excluding tert-OH is 15. The normalized spacial score (nSPS) is 53.0. The second-order valence-electron chi connectivity index (χ2n) is 19.3. The van der Waals surface area contributed by atoms with Crippen LogP contribution in [-0.4, -0.2) is 287 Å². The zero-order chi connectivity index (χ0) is 50.4. The number of ether oxygens (including phenoxy) is 11. The van der Waals surface area contributed by atoms with Gasteiger partial charge in [0.15, 0.2) is 31.5 Å². The fraction of sp³-hybridized carbons (Fsp3) is 1.00. The summed E-state index contributed by atoms with van der Waals surface area (Å²) in [6, 6.07) is -2.82. The standard InChI is InChI=1S/C40H72N2O26/c1-10-18(47)23(52)26(55)36(58-10)66-31-17(42)35(67-32-22(51)14(8-45)61-38(28(32)57)65-30-16(41)34(40(3,4)5)60-13(7-44)21(30)50)63-15(9-46)29(31)64-39-33(25(54)20(49)12(6-43)62-39)68-37-27(56)24(53)19(48)11(2)59-37/h10-39,43-57H,6-9,41-42H2,1-5H3/t10?,11?,12?,13?,14?,15?,16?,17?,18-,19-,20+,21+,22+,23-,24?,25+,26?,27+,28?,29-,30-,31-,32+,33?,34?,35+,36+,37?,38+,39+/m1/s1. The van der Waals surface area contributed by atoms with E-state index in [4.69, 9.17) is 63.6 Å². The zero-order valence-corrected chi connectivity index (χ0v) is 38.0. The van der Waals surface area contributed by atoms with Crippen LogP contribution in [0.1, 0.15) is 34.6 Å². The Labute approximate surface area is 390 Å². The van der Waals surface area contributed by atoms with Gasteiger partial charge in [-0.05, 0) is 19.3 Å². The molecule has 14 unspecified atom stereocenters. The van der Waals surface area contributed by atoms with Gasteiger partial charge in [0.1, 0.15) is 122 Å². The lowest BCUT2D eigenvalue weighted by Gasteiger charge is -2.52. The first kappa shape index (κ1) is 56.2. The predicted octanol–water partition coefficient (Wildman–Crippen LogP) is -10.0. The summed E-state index contributed by atoms with van der Waals surface area (Å²) >= 11 is 0. The molecule has 0 saturated carbocycles. The largest absolute Gasteiger partial charge is 0.394 e. The lowest BCUT2D eigenvalue weighted by Crippen LogP contribution is -2.71. The van der Waals surface area contributed by atoms with Crippen molar-refractivity contribution in [2.24, 2.45) is 16.9 Å². The minimum atomic E-state index is -2.01. The third kappa shape index (κ3) is 11.3. The molecule has 30 atom stereocenters. The van der Waals surface area contributed by atoms with Crippen molar-refractivity contribution in [3.8, 4) is 0 Å². The van der Waals surface area contributed by atoms with Crippen molar-refractivity contribution >= 4 is 0 Å². The first-order chi connectivity index (χ1) is 31.9. The fourth-order valence-electron chi connectivity index (χ4n) is 9.27. The maximum atomic E-state index is 11.8. The summed E-state index contributed by atoms with van der Waals surface area (Å²) in [5.41, 5.74) is 12.6. The van der Waals surface area contributed by atoms with E-state index in [1.165, 1.54) is 13.8 Å². The number of hydrogen-bond donors (Lipinski definition) is 17. The van der Waals surface area contributed by atoms with Gasteiger partial charge in [-0.1, -0.05) is 20.8 Å². The first-order valence-electron chi connectivity index (χ1n) is 22.5. The van der Waals surface area contributed by atoms with Crippen LogP contribution in [-0.2, 0) is 52.1 Å². The van der Waals surface area contributed by atoms with Crippen molar-refractivity contribution in [2.45, 2.75) is 219 Å². The molecule has 19 N–H and O–H groups in total. The van der Waals surface area contributed by atoms with Gasteiger partial charge in [0, 0.05) is 0 Å². The minimum absolute atomic E-state index is 0.645. The van der Waals surface area contributed by atoms with E-state index in [2.05, 4.69) is 0 Å². The van der Waals surface area contributed by atoms with Gasteiger partial charge < -0.3 is 140 Å². The molecular weight excluding hydrogens is 924 g/mol. The summed E-state index contributed by atoms with van der Waals surface area (Å²) in [6.07, 6.45) is -47.3. The molecule has 0 aromatic heterocycles. The highest BCUT2D eigenvalue weighted by molar-refractivity contribution is 5.03. The fourth-order valence-corrected chi connectivity index (χ4v) is 9.27. The molecular formula is C40H72N2O26. The van der Waals surface area contributed by atoms with Crippen LogP contribution in [0.25, 0.3) is 0 Å². The van der Waals surface area contributed by atoms with E-state index in [-0.39, 0.29) is 0 Å². The molecule has 6 heterocycles. The maximum Gasteiger partial charge on any atom is 0.187 e. The zero-order valence-electron chi connectivity index (χ0n) is 38.0. The van der Waals surface area contributed by atoms with Gasteiger partial charge in [0.2, 0.25) is 0 Å². The van der Waals surface area contributed by atoms with E-state index in [9.17, 15) is 76.6 Å². The summed E-state index contributed by atoms with van der Waals surface area (Å²) in [5.74, 6) is 0. The van der Waals surface area contributed by atoms with E-state index >= 15 is 0 Å². The Bertz CT molecular complexity index is 1580. The van der Waals surface area contributed by atoms with Crippen LogP contribution >= 0.6 is 0 Å². The number of hydrogen-bond acceptors (Lipinski definition) is 28. The second-order valence-corrected chi connectivity index (χ2v) is 19.3.